The summed E-state index contributed by atoms with van der Waals surface area (Å²) in [7, 11) is 1.64. The molecular weight excluding hydrogens is 156 g/mol. The molecule has 10 heavy (non-hydrogen) atoms. The molecule has 0 aromatic heterocycles. The van der Waals surface area contributed by atoms with Gasteiger partial charge in [-0.2, -0.15) is 5.48 Å². The lowest BCUT2D eigenvalue weighted by atomic mass is 10.2. The summed E-state index contributed by atoms with van der Waals surface area (Å²) < 4.78 is 5.03. The number of hydrogen-bond donors (Lipinski definition) is 3. The summed E-state index contributed by atoms with van der Waals surface area (Å²) in [5.41, 5.74) is 2.18. The van der Waals surface area contributed by atoms with Gasteiger partial charge in [-0.25, -0.2) is 0 Å². The average molecular weight is 169 g/mol. The fourth-order valence-corrected chi connectivity index (χ4v) is 1.03. The molecule has 62 valence electrons. The van der Waals surface area contributed by atoms with Gasteiger partial charge in [-0.1, -0.05) is 0 Å². The molecule has 1 aliphatic heterocycles. The van der Waals surface area contributed by atoms with Crippen LogP contribution in [0.2, 0.25) is 0 Å². The van der Waals surface area contributed by atoms with Crippen LogP contribution in [-0.2, 0) is 4.74 Å². The maximum Gasteiger partial charge on any atom is 0.0883 e. The second-order valence-corrected chi connectivity index (χ2v) is 2.17. The number of halogens is 1. The van der Waals surface area contributed by atoms with E-state index < -0.39 is 0 Å². The van der Waals surface area contributed by atoms with E-state index in [4.69, 9.17) is 9.94 Å². The first-order valence-electron chi connectivity index (χ1n) is 3.01. The van der Waals surface area contributed by atoms with Crippen LogP contribution in [0.25, 0.3) is 0 Å². The maximum absolute atomic E-state index is 8.50. The van der Waals surface area contributed by atoms with E-state index in [1.165, 1.54) is 0 Å². The fourth-order valence-electron chi connectivity index (χ4n) is 1.03. The molecule has 1 heterocycles. The quantitative estimate of drug-likeness (QED) is 0.481. The smallest absolute Gasteiger partial charge is 0.0883 e. The van der Waals surface area contributed by atoms with E-state index in [0.717, 1.165) is 13.1 Å². The zero-order valence-corrected chi connectivity index (χ0v) is 6.65. The molecule has 0 amide bonds. The van der Waals surface area contributed by atoms with Crippen molar-refractivity contribution in [3.63, 3.8) is 0 Å². The third-order valence-corrected chi connectivity index (χ3v) is 1.63. The number of hydroxylamine groups is 1. The van der Waals surface area contributed by atoms with E-state index in [1.54, 1.807) is 7.11 Å². The standard InChI is InChI=1S/C5H12N2O2.ClH/c1-9-5-3-6-2-4(5)7-8;/h4-8H,2-3H2,1H3;1H. The number of rotatable bonds is 2. The van der Waals surface area contributed by atoms with Crippen molar-refractivity contribution < 1.29 is 9.94 Å². The van der Waals surface area contributed by atoms with Crippen LogP contribution < -0.4 is 10.8 Å². The molecule has 0 saturated carbocycles. The number of nitrogens with one attached hydrogen (secondary N) is 2. The van der Waals surface area contributed by atoms with Crippen LogP contribution in [-0.4, -0.2) is 37.6 Å². The molecular formula is C5H13ClN2O2. The van der Waals surface area contributed by atoms with E-state index in [0.29, 0.717) is 0 Å². The van der Waals surface area contributed by atoms with Crippen LogP contribution in [0.3, 0.4) is 0 Å². The van der Waals surface area contributed by atoms with Crippen LogP contribution in [0.4, 0.5) is 0 Å². The van der Waals surface area contributed by atoms with Crippen LogP contribution in [0.5, 0.6) is 0 Å². The Morgan fingerprint density at radius 1 is 1.60 bits per heavy atom. The first kappa shape index (κ1) is 10.1. The zero-order chi connectivity index (χ0) is 6.69. The minimum absolute atomic E-state index is 0. The molecule has 0 aromatic carbocycles. The molecule has 2 unspecified atom stereocenters. The molecule has 1 saturated heterocycles. The van der Waals surface area contributed by atoms with Crippen LogP contribution in [0.15, 0.2) is 0 Å². The van der Waals surface area contributed by atoms with Gasteiger partial charge in [0.2, 0.25) is 0 Å². The zero-order valence-electron chi connectivity index (χ0n) is 5.83. The Labute approximate surface area is 66.3 Å². The van der Waals surface area contributed by atoms with E-state index in [1.807, 2.05) is 0 Å². The second kappa shape index (κ2) is 4.87. The minimum atomic E-state index is 0. The topological polar surface area (TPSA) is 53.5 Å². The van der Waals surface area contributed by atoms with Crippen molar-refractivity contribution in [2.24, 2.45) is 0 Å². The van der Waals surface area contributed by atoms with Gasteiger partial charge < -0.3 is 15.3 Å². The van der Waals surface area contributed by atoms with E-state index in [-0.39, 0.29) is 24.6 Å². The summed E-state index contributed by atoms with van der Waals surface area (Å²) in [5.74, 6) is 0. The normalized spacial score (nSPS) is 31.8. The number of ether oxygens (including phenoxy) is 1. The number of methoxy groups -OCH3 is 1. The molecule has 3 N–H and O–H groups in total. The van der Waals surface area contributed by atoms with Crippen molar-refractivity contribution >= 4 is 12.4 Å². The molecule has 0 bridgehead atoms. The fraction of sp³-hybridized carbons (Fsp3) is 1.00. The highest BCUT2D eigenvalue weighted by molar-refractivity contribution is 5.85. The van der Waals surface area contributed by atoms with Gasteiger partial charge in [-0.15, -0.1) is 12.4 Å². The van der Waals surface area contributed by atoms with Crippen LogP contribution >= 0.6 is 12.4 Å². The predicted octanol–water partition coefficient (Wildman–Crippen LogP) is -0.626. The summed E-state index contributed by atoms with van der Waals surface area (Å²) in [6, 6.07) is 0.0509. The van der Waals surface area contributed by atoms with Crippen molar-refractivity contribution in [2.75, 3.05) is 20.2 Å². The molecule has 0 aromatic rings. The van der Waals surface area contributed by atoms with Gasteiger partial charge in [0.05, 0.1) is 12.1 Å². The molecule has 2 atom stereocenters. The molecule has 1 aliphatic rings. The Bertz CT molecular complexity index is 83.7. The summed E-state index contributed by atoms with van der Waals surface area (Å²) in [6.07, 6.45) is 0.106. The number of hydrogen-bond acceptors (Lipinski definition) is 4. The molecule has 1 fully saturated rings. The lowest BCUT2D eigenvalue weighted by Crippen LogP contribution is -2.37. The van der Waals surface area contributed by atoms with Crippen LogP contribution in [0, 0.1) is 0 Å². The highest BCUT2D eigenvalue weighted by atomic mass is 35.5. The molecule has 4 nitrogen and oxygen atoms in total. The lowest BCUT2D eigenvalue weighted by Gasteiger charge is -2.13. The van der Waals surface area contributed by atoms with E-state index >= 15 is 0 Å². The van der Waals surface area contributed by atoms with E-state index in [9.17, 15) is 0 Å². The van der Waals surface area contributed by atoms with Crippen molar-refractivity contribution in [3.05, 3.63) is 0 Å². The largest absolute Gasteiger partial charge is 0.378 e. The SMILES string of the molecule is COC1CNCC1NO.Cl. The lowest BCUT2D eigenvalue weighted by molar-refractivity contribution is 0.0375. The van der Waals surface area contributed by atoms with Gasteiger partial charge >= 0.3 is 0 Å². The molecule has 0 spiro atoms. The minimum Gasteiger partial charge on any atom is -0.378 e. The van der Waals surface area contributed by atoms with Gasteiger partial charge in [-0.05, 0) is 0 Å². The Kier molecular flexibility index (Phi) is 4.93. The Hall–Kier alpha value is 0.130. The Morgan fingerprint density at radius 2 is 2.30 bits per heavy atom. The van der Waals surface area contributed by atoms with Crippen molar-refractivity contribution in [1.82, 2.24) is 10.8 Å². The molecule has 0 aliphatic carbocycles. The first-order valence-corrected chi connectivity index (χ1v) is 3.01. The monoisotopic (exact) mass is 168 g/mol. The van der Waals surface area contributed by atoms with Crippen molar-refractivity contribution in [3.8, 4) is 0 Å². The third kappa shape index (κ3) is 2.07. The summed E-state index contributed by atoms with van der Waals surface area (Å²) >= 11 is 0. The highest BCUT2D eigenvalue weighted by Crippen LogP contribution is 2.01. The molecule has 0 radical (unpaired) electrons. The maximum atomic E-state index is 8.50. The van der Waals surface area contributed by atoms with Gasteiger partial charge in [-0.3, -0.25) is 0 Å². The van der Waals surface area contributed by atoms with Crippen LogP contribution in [0.1, 0.15) is 0 Å². The highest BCUT2D eigenvalue weighted by Gasteiger charge is 2.25. The molecule has 1 rings (SSSR count). The summed E-state index contributed by atoms with van der Waals surface area (Å²) in [6.45, 7) is 1.59. The summed E-state index contributed by atoms with van der Waals surface area (Å²) in [5, 5.41) is 11.6. The van der Waals surface area contributed by atoms with Gasteiger partial charge in [0.25, 0.3) is 0 Å². The van der Waals surface area contributed by atoms with Crippen molar-refractivity contribution in [2.45, 2.75) is 12.1 Å². The second-order valence-electron chi connectivity index (χ2n) is 2.17. The van der Waals surface area contributed by atoms with Crippen molar-refractivity contribution in [1.29, 1.82) is 0 Å². The summed E-state index contributed by atoms with van der Waals surface area (Å²) in [4.78, 5) is 0. The average Bonchev–Trinajstić information content (AvgIpc) is 2.33. The van der Waals surface area contributed by atoms with Gasteiger partial charge in [0.1, 0.15) is 0 Å². The molecule has 5 heteroatoms. The van der Waals surface area contributed by atoms with E-state index in [2.05, 4.69) is 10.8 Å². The van der Waals surface area contributed by atoms with Gasteiger partial charge in [0.15, 0.2) is 0 Å². The van der Waals surface area contributed by atoms with Gasteiger partial charge in [0, 0.05) is 20.2 Å². The Balaban J connectivity index is 0.000000810. The Morgan fingerprint density at radius 3 is 2.70 bits per heavy atom. The first-order chi connectivity index (χ1) is 4.38. The predicted molar refractivity (Wildman–Crippen MR) is 39.6 cm³/mol. The third-order valence-electron chi connectivity index (χ3n) is 1.63.